The molecule has 1 aromatic carbocycles. The summed E-state index contributed by atoms with van der Waals surface area (Å²) in [6, 6.07) is 2.89. The first-order valence-corrected chi connectivity index (χ1v) is 5.82. The lowest BCUT2D eigenvalue weighted by Gasteiger charge is -2.14. The van der Waals surface area contributed by atoms with E-state index in [1.54, 1.807) is 12.1 Å². The van der Waals surface area contributed by atoms with E-state index in [-0.39, 0.29) is 11.8 Å². The van der Waals surface area contributed by atoms with Crippen LogP contribution in [-0.4, -0.2) is 18.8 Å². The van der Waals surface area contributed by atoms with Crippen LogP contribution in [0.5, 0.6) is 5.75 Å². The molecule has 0 aliphatic heterocycles. The third kappa shape index (κ3) is 3.61. The molecule has 0 spiro atoms. The quantitative estimate of drug-likeness (QED) is 0.499. The summed E-state index contributed by atoms with van der Waals surface area (Å²) in [7, 11) is 1.43. The molecule has 1 atom stereocenters. The smallest absolute Gasteiger partial charge is 0.134 e. The van der Waals surface area contributed by atoms with Gasteiger partial charge in [-0.15, -0.1) is 0 Å². The van der Waals surface area contributed by atoms with Crippen LogP contribution in [0.1, 0.15) is 18.0 Å². The average molecular weight is 311 g/mol. The molecule has 4 nitrogen and oxygen atoms in total. The molecule has 3 N–H and O–H groups in total. The van der Waals surface area contributed by atoms with E-state index in [2.05, 4.69) is 20.8 Å². The number of nitrogens with two attached hydrogens (primary N) is 1. The van der Waals surface area contributed by atoms with E-state index in [1.807, 2.05) is 0 Å². The molecule has 16 heavy (non-hydrogen) atoms. The van der Waals surface area contributed by atoms with Crippen molar-refractivity contribution in [2.24, 2.45) is 5.73 Å². The number of halogens is 2. The lowest BCUT2D eigenvalue weighted by Crippen LogP contribution is -2.13. The summed E-state index contributed by atoms with van der Waals surface area (Å²) in [6.07, 6.45) is 0.522. The maximum atomic E-state index is 9.79. The van der Waals surface area contributed by atoms with Crippen molar-refractivity contribution in [3.8, 4) is 5.75 Å². The molecule has 1 rings (SSSR count). The van der Waals surface area contributed by atoms with E-state index < -0.39 is 0 Å². The van der Waals surface area contributed by atoms with Crippen LogP contribution >= 0.6 is 27.5 Å². The Morgan fingerprint density at radius 3 is 2.88 bits per heavy atom. The van der Waals surface area contributed by atoms with Gasteiger partial charge in [0.25, 0.3) is 0 Å². The van der Waals surface area contributed by atoms with Gasteiger partial charge >= 0.3 is 0 Å². The van der Waals surface area contributed by atoms with E-state index in [0.29, 0.717) is 28.1 Å². The monoisotopic (exact) mass is 309 g/mol. The van der Waals surface area contributed by atoms with Crippen LogP contribution in [0.15, 0.2) is 16.6 Å². The molecule has 0 heterocycles. The first kappa shape index (κ1) is 13.7. The molecule has 1 aromatic rings. The Kier molecular flexibility index (Phi) is 5.51. The van der Waals surface area contributed by atoms with E-state index >= 15 is 0 Å². The summed E-state index contributed by atoms with van der Waals surface area (Å²) < 4.78 is 0.526. The Labute approximate surface area is 107 Å². The fourth-order valence-corrected chi connectivity index (χ4v) is 2.12. The predicted octanol–water partition coefficient (Wildman–Crippen LogP) is 2.78. The predicted molar refractivity (Wildman–Crippen MR) is 65.3 cm³/mol. The van der Waals surface area contributed by atoms with Crippen LogP contribution in [0, 0.1) is 0 Å². The highest BCUT2D eigenvalue weighted by Crippen LogP contribution is 2.35. The van der Waals surface area contributed by atoms with Crippen LogP contribution in [0.4, 0.5) is 0 Å². The summed E-state index contributed by atoms with van der Waals surface area (Å²) in [6.45, 7) is 0.348. The van der Waals surface area contributed by atoms with Gasteiger partial charge in [0.1, 0.15) is 5.75 Å². The minimum atomic E-state index is -0.356. The summed E-state index contributed by atoms with van der Waals surface area (Å²) in [4.78, 5) is 9.17. The summed E-state index contributed by atoms with van der Waals surface area (Å²) >= 11 is 9.08. The van der Waals surface area contributed by atoms with Gasteiger partial charge in [-0.3, -0.25) is 0 Å². The molecule has 0 saturated carbocycles. The van der Waals surface area contributed by atoms with E-state index in [1.165, 1.54) is 7.11 Å². The van der Waals surface area contributed by atoms with Crippen LogP contribution < -0.4 is 5.73 Å². The van der Waals surface area contributed by atoms with E-state index in [9.17, 15) is 5.11 Å². The molecule has 0 aromatic heterocycles. The Hall–Kier alpha value is -0.330. The normalized spacial score (nSPS) is 12.8. The van der Waals surface area contributed by atoms with Gasteiger partial charge in [-0.25, -0.2) is 9.78 Å². The van der Waals surface area contributed by atoms with Crippen molar-refractivity contribution >= 4 is 27.5 Å². The molecule has 0 amide bonds. The van der Waals surface area contributed by atoms with Crippen molar-refractivity contribution in [2.45, 2.75) is 12.5 Å². The van der Waals surface area contributed by atoms with Crippen LogP contribution in [0.25, 0.3) is 0 Å². The van der Waals surface area contributed by atoms with Crippen molar-refractivity contribution < 1.29 is 14.9 Å². The highest BCUT2D eigenvalue weighted by atomic mass is 79.9. The first-order valence-electron chi connectivity index (χ1n) is 4.65. The number of aromatic hydroxyl groups is 1. The molecule has 0 aliphatic carbocycles. The molecule has 6 heteroatoms. The topological polar surface area (TPSA) is 64.7 Å². The maximum absolute atomic E-state index is 9.79. The van der Waals surface area contributed by atoms with Gasteiger partial charge in [-0.2, -0.15) is 0 Å². The Morgan fingerprint density at radius 1 is 1.56 bits per heavy atom. The van der Waals surface area contributed by atoms with Crippen LogP contribution in [-0.2, 0) is 9.78 Å². The summed E-state index contributed by atoms with van der Waals surface area (Å²) in [5, 5.41) is 10.3. The second-order valence-corrected chi connectivity index (χ2v) is 4.50. The van der Waals surface area contributed by atoms with Crippen LogP contribution in [0.2, 0.25) is 5.02 Å². The first-order chi connectivity index (χ1) is 7.56. The number of hydrogen-bond donors (Lipinski definition) is 2. The fourth-order valence-electron chi connectivity index (χ4n) is 1.28. The molecular weight excluding hydrogens is 297 g/mol. The number of phenols is 1. The highest BCUT2D eigenvalue weighted by molar-refractivity contribution is 9.10. The lowest BCUT2D eigenvalue weighted by molar-refractivity contribution is -0.273. The van der Waals surface area contributed by atoms with Crippen molar-refractivity contribution in [1.82, 2.24) is 0 Å². The molecule has 0 radical (unpaired) electrons. The van der Waals surface area contributed by atoms with Crippen LogP contribution in [0.3, 0.4) is 0 Å². The molecule has 0 saturated heterocycles. The number of hydrogen-bond acceptors (Lipinski definition) is 4. The SMILES string of the molecule is COOCC[C@H](N)c1cc(Cl)cc(Br)c1O. The van der Waals surface area contributed by atoms with E-state index in [4.69, 9.17) is 22.2 Å². The molecule has 0 bridgehead atoms. The van der Waals surface area contributed by atoms with Crippen molar-refractivity contribution in [3.05, 3.63) is 27.2 Å². The maximum Gasteiger partial charge on any atom is 0.134 e. The van der Waals surface area contributed by atoms with Gasteiger partial charge in [0.2, 0.25) is 0 Å². The molecular formula is C10H13BrClNO3. The Bertz CT molecular complexity index is 362. The van der Waals surface area contributed by atoms with Crippen molar-refractivity contribution in [2.75, 3.05) is 13.7 Å². The molecule has 90 valence electrons. The molecule has 0 fully saturated rings. The van der Waals surface area contributed by atoms with Gasteiger partial charge in [0.05, 0.1) is 18.2 Å². The van der Waals surface area contributed by atoms with Crippen molar-refractivity contribution in [3.63, 3.8) is 0 Å². The summed E-state index contributed by atoms with van der Waals surface area (Å²) in [5.41, 5.74) is 6.48. The Morgan fingerprint density at radius 2 is 2.25 bits per heavy atom. The minimum Gasteiger partial charge on any atom is -0.506 e. The fraction of sp³-hybridized carbons (Fsp3) is 0.400. The van der Waals surface area contributed by atoms with Gasteiger partial charge in [0, 0.05) is 16.6 Å². The summed E-state index contributed by atoms with van der Waals surface area (Å²) in [5.74, 6) is 0.106. The number of rotatable bonds is 5. The number of phenolic OH excluding ortho intramolecular Hbond substituents is 1. The lowest BCUT2D eigenvalue weighted by atomic mass is 10.0. The van der Waals surface area contributed by atoms with E-state index in [0.717, 1.165) is 0 Å². The second kappa shape index (κ2) is 6.42. The highest BCUT2D eigenvalue weighted by Gasteiger charge is 2.14. The zero-order valence-electron chi connectivity index (χ0n) is 8.74. The van der Waals surface area contributed by atoms with Gasteiger partial charge in [-0.1, -0.05) is 11.6 Å². The van der Waals surface area contributed by atoms with Crippen molar-refractivity contribution in [1.29, 1.82) is 0 Å². The van der Waals surface area contributed by atoms with Gasteiger partial charge in [0.15, 0.2) is 0 Å². The zero-order valence-corrected chi connectivity index (χ0v) is 11.1. The minimum absolute atomic E-state index is 0.106. The zero-order chi connectivity index (χ0) is 12.1. The molecule has 0 unspecified atom stereocenters. The van der Waals surface area contributed by atoms with Gasteiger partial charge < -0.3 is 10.8 Å². The third-order valence-corrected chi connectivity index (χ3v) is 2.91. The average Bonchev–Trinajstić information content (AvgIpc) is 2.23. The standard InChI is InChI=1S/C10H13BrClNO3/c1-15-16-3-2-9(13)7-4-6(12)5-8(11)10(7)14/h4-5,9,14H,2-3,13H2,1H3/t9-/m0/s1. The second-order valence-electron chi connectivity index (χ2n) is 3.21. The largest absolute Gasteiger partial charge is 0.506 e. The molecule has 0 aliphatic rings. The van der Waals surface area contributed by atoms with Gasteiger partial charge in [-0.05, 0) is 34.5 Å². The number of benzene rings is 1. The third-order valence-electron chi connectivity index (χ3n) is 2.09. The Balaban J connectivity index is 2.78.